The molecule has 1 amide bonds. The van der Waals surface area contributed by atoms with Crippen LogP contribution in [0.3, 0.4) is 0 Å². The number of carbonyl (C=O) groups excluding carboxylic acids is 1. The Hall–Kier alpha value is -2.14. The van der Waals surface area contributed by atoms with Crippen LogP contribution < -0.4 is 0 Å². The lowest BCUT2D eigenvalue weighted by atomic mass is 9.99. The minimum Gasteiger partial charge on any atom is -0.273 e. The second kappa shape index (κ2) is 7.62. The van der Waals surface area contributed by atoms with Crippen molar-refractivity contribution in [3.8, 4) is 0 Å². The van der Waals surface area contributed by atoms with E-state index in [0.717, 1.165) is 18.4 Å². The molecule has 0 N–H and O–H groups in total. The number of hydrazone groups is 1. The van der Waals surface area contributed by atoms with Crippen LogP contribution in [0.15, 0.2) is 59.7 Å². The first-order valence-corrected chi connectivity index (χ1v) is 9.72. The van der Waals surface area contributed by atoms with Crippen LogP contribution in [-0.4, -0.2) is 16.0 Å². The van der Waals surface area contributed by atoms with Crippen molar-refractivity contribution in [3.63, 3.8) is 0 Å². The minimum atomic E-state index is -0.598. The molecule has 0 aromatic heterocycles. The van der Waals surface area contributed by atoms with Crippen LogP contribution in [0.5, 0.6) is 0 Å². The summed E-state index contributed by atoms with van der Waals surface area (Å²) < 4.78 is 13.7. The Morgan fingerprint density at radius 3 is 2.54 bits per heavy atom. The number of halogens is 1. The van der Waals surface area contributed by atoms with Gasteiger partial charge in [-0.05, 0) is 24.1 Å². The van der Waals surface area contributed by atoms with Crippen LogP contribution in [0, 0.1) is 11.7 Å². The van der Waals surface area contributed by atoms with Crippen molar-refractivity contribution in [1.82, 2.24) is 5.01 Å². The van der Waals surface area contributed by atoms with Gasteiger partial charge in [0.2, 0.25) is 5.91 Å². The van der Waals surface area contributed by atoms with E-state index in [4.69, 9.17) is 0 Å². The van der Waals surface area contributed by atoms with Gasteiger partial charge in [-0.1, -0.05) is 81.4 Å². The third-order valence-electron chi connectivity index (χ3n) is 4.39. The number of amides is 1. The summed E-state index contributed by atoms with van der Waals surface area (Å²) in [6, 6.07) is 16.4. The maximum absolute atomic E-state index is 13.7. The van der Waals surface area contributed by atoms with Crippen LogP contribution in [0.1, 0.15) is 44.7 Å². The molecule has 1 aliphatic rings. The molecule has 136 valence electrons. The predicted octanol–water partition coefficient (Wildman–Crippen LogP) is 5.37. The summed E-state index contributed by atoms with van der Waals surface area (Å²) in [6.07, 6.45) is 1.66. The Morgan fingerprint density at radius 2 is 1.92 bits per heavy atom. The van der Waals surface area contributed by atoms with E-state index < -0.39 is 4.87 Å². The van der Waals surface area contributed by atoms with Crippen molar-refractivity contribution < 1.29 is 9.18 Å². The Balaban J connectivity index is 2.12. The largest absolute Gasteiger partial charge is 0.273 e. The molecule has 0 saturated heterocycles. The molecule has 3 nitrogen and oxygen atoms in total. The third kappa shape index (κ3) is 3.40. The molecule has 1 aliphatic heterocycles. The van der Waals surface area contributed by atoms with E-state index in [1.807, 2.05) is 50.2 Å². The number of rotatable bonds is 5. The van der Waals surface area contributed by atoms with Gasteiger partial charge < -0.3 is 0 Å². The first-order chi connectivity index (χ1) is 12.5. The lowest BCUT2D eigenvalue weighted by Crippen LogP contribution is -2.43. The van der Waals surface area contributed by atoms with Gasteiger partial charge in [0, 0.05) is 11.5 Å². The van der Waals surface area contributed by atoms with Gasteiger partial charge in [0.25, 0.3) is 0 Å². The SMILES string of the molecule is CCCC1(c2ccccc2)SC(c2cccc(F)c2)=NN1C(=O)C(C)C. The molecule has 0 spiro atoms. The molecule has 0 fully saturated rings. The van der Waals surface area contributed by atoms with E-state index in [9.17, 15) is 9.18 Å². The molecule has 26 heavy (non-hydrogen) atoms. The molecule has 0 radical (unpaired) electrons. The van der Waals surface area contributed by atoms with Crippen molar-refractivity contribution in [2.45, 2.75) is 38.5 Å². The molecular formula is C21H23FN2OS. The summed E-state index contributed by atoms with van der Waals surface area (Å²) in [6.45, 7) is 5.86. The topological polar surface area (TPSA) is 32.7 Å². The minimum absolute atomic E-state index is 0.0267. The Kier molecular flexibility index (Phi) is 5.47. The van der Waals surface area contributed by atoms with Crippen molar-refractivity contribution >= 4 is 22.7 Å². The number of thioether (sulfide) groups is 1. The zero-order valence-corrected chi connectivity index (χ0v) is 16.1. The van der Waals surface area contributed by atoms with Crippen molar-refractivity contribution in [3.05, 3.63) is 71.5 Å². The molecule has 1 atom stereocenters. The van der Waals surface area contributed by atoms with E-state index in [1.165, 1.54) is 23.9 Å². The van der Waals surface area contributed by atoms with Gasteiger partial charge >= 0.3 is 0 Å². The van der Waals surface area contributed by atoms with Gasteiger partial charge in [-0.15, -0.1) is 0 Å². The van der Waals surface area contributed by atoms with Gasteiger partial charge in [-0.2, -0.15) is 5.10 Å². The van der Waals surface area contributed by atoms with E-state index >= 15 is 0 Å². The number of hydrogen-bond acceptors (Lipinski definition) is 3. The Morgan fingerprint density at radius 1 is 1.19 bits per heavy atom. The van der Waals surface area contributed by atoms with Crippen molar-refractivity contribution in [2.75, 3.05) is 0 Å². The average molecular weight is 370 g/mol. The molecular weight excluding hydrogens is 347 g/mol. The summed E-state index contributed by atoms with van der Waals surface area (Å²) in [5.74, 6) is -0.507. The van der Waals surface area contributed by atoms with E-state index in [1.54, 1.807) is 11.1 Å². The standard InChI is InChI=1S/C21H23FN2OS/c1-4-13-21(17-10-6-5-7-11-17)24(20(25)15(2)3)23-19(26-21)16-9-8-12-18(22)14-16/h5-12,14-15H,4,13H2,1-3H3. The van der Waals surface area contributed by atoms with Crippen LogP contribution >= 0.6 is 11.8 Å². The summed E-state index contributed by atoms with van der Waals surface area (Å²) >= 11 is 1.54. The van der Waals surface area contributed by atoms with Crippen molar-refractivity contribution in [1.29, 1.82) is 0 Å². The molecule has 3 rings (SSSR count). The second-order valence-electron chi connectivity index (χ2n) is 6.72. The summed E-state index contributed by atoms with van der Waals surface area (Å²) in [5, 5.41) is 6.97. The maximum atomic E-state index is 13.7. The van der Waals surface area contributed by atoms with Crippen LogP contribution in [0.4, 0.5) is 4.39 Å². The quantitative estimate of drug-likeness (QED) is 0.708. The smallest absolute Gasteiger partial charge is 0.246 e. The lowest BCUT2D eigenvalue weighted by molar-refractivity contribution is -0.138. The first kappa shape index (κ1) is 18.6. The highest BCUT2D eigenvalue weighted by molar-refractivity contribution is 8.15. The van der Waals surface area contributed by atoms with Crippen LogP contribution in [-0.2, 0) is 9.67 Å². The fourth-order valence-corrected chi connectivity index (χ4v) is 4.59. The molecule has 2 aromatic carbocycles. The Bertz CT molecular complexity index is 822. The van der Waals surface area contributed by atoms with Gasteiger partial charge in [0.15, 0.2) is 0 Å². The van der Waals surface area contributed by atoms with Gasteiger partial charge in [0.1, 0.15) is 15.7 Å². The molecule has 0 saturated carbocycles. The number of carbonyl (C=O) groups is 1. The molecule has 5 heteroatoms. The average Bonchev–Trinajstić information content (AvgIpc) is 3.03. The molecule has 0 bridgehead atoms. The van der Waals surface area contributed by atoms with Gasteiger partial charge in [-0.3, -0.25) is 4.79 Å². The number of nitrogens with zero attached hydrogens (tertiary/aromatic N) is 2. The lowest BCUT2D eigenvalue weighted by Gasteiger charge is -2.36. The van der Waals surface area contributed by atoms with E-state index in [2.05, 4.69) is 12.0 Å². The normalized spacial score (nSPS) is 19.7. The molecule has 2 aromatic rings. The highest BCUT2D eigenvalue weighted by Crippen LogP contribution is 2.50. The fourth-order valence-electron chi connectivity index (χ4n) is 3.13. The molecule has 0 aliphatic carbocycles. The summed E-state index contributed by atoms with van der Waals surface area (Å²) in [7, 11) is 0. The zero-order chi connectivity index (χ0) is 18.7. The van der Waals surface area contributed by atoms with Gasteiger partial charge in [0.05, 0.1) is 0 Å². The van der Waals surface area contributed by atoms with E-state index in [0.29, 0.717) is 10.6 Å². The summed E-state index contributed by atoms with van der Waals surface area (Å²) in [5.41, 5.74) is 1.74. The van der Waals surface area contributed by atoms with Crippen LogP contribution in [0.25, 0.3) is 0 Å². The zero-order valence-electron chi connectivity index (χ0n) is 15.3. The fraction of sp³-hybridized carbons (Fsp3) is 0.333. The monoisotopic (exact) mass is 370 g/mol. The van der Waals surface area contributed by atoms with Gasteiger partial charge in [-0.25, -0.2) is 9.40 Å². The first-order valence-electron chi connectivity index (χ1n) is 8.91. The molecule has 1 heterocycles. The maximum Gasteiger partial charge on any atom is 0.246 e. The highest BCUT2D eigenvalue weighted by Gasteiger charge is 2.48. The number of hydrogen-bond donors (Lipinski definition) is 0. The second-order valence-corrected chi connectivity index (χ2v) is 7.99. The third-order valence-corrected chi connectivity index (χ3v) is 5.85. The predicted molar refractivity (Wildman–Crippen MR) is 105 cm³/mol. The summed E-state index contributed by atoms with van der Waals surface area (Å²) in [4.78, 5) is 12.4. The number of benzene rings is 2. The Labute approximate surface area is 158 Å². The van der Waals surface area contributed by atoms with E-state index in [-0.39, 0.29) is 17.6 Å². The van der Waals surface area contributed by atoms with Crippen LogP contribution in [0.2, 0.25) is 0 Å². The van der Waals surface area contributed by atoms with Crippen molar-refractivity contribution in [2.24, 2.45) is 11.0 Å². The molecule has 1 unspecified atom stereocenters. The highest BCUT2D eigenvalue weighted by atomic mass is 32.2.